The minimum absolute atomic E-state index is 0.495. The molecule has 3 aromatic rings. The molecule has 0 fully saturated rings. The topological polar surface area (TPSA) is 105 Å². The summed E-state index contributed by atoms with van der Waals surface area (Å²) in [5.74, 6) is 3.66. The largest absolute Gasteiger partial charge is 0.493 e. The number of H-pyrrole nitrogens is 1. The van der Waals surface area contributed by atoms with Crippen LogP contribution in [0.15, 0.2) is 36.4 Å². The van der Waals surface area contributed by atoms with Crippen LogP contribution >= 0.6 is 0 Å². The fourth-order valence-electron chi connectivity index (χ4n) is 2.94. The number of hydrogen-bond acceptors (Lipinski definition) is 7. The second-order valence-corrected chi connectivity index (χ2v) is 6.16. The maximum atomic E-state index is 6.40. The van der Waals surface area contributed by atoms with Crippen molar-refractivity contribution in [3.63, 3.8) is 0 Å². The Balaban J connectivity index is 1.87. The van der Waals surface area contributed by atoms with E-state index in [1.165, 1.54) is 0 Å². The van der Waals surface area contributed by atoms with Crippen molar-refractivity contribution < 1.29 is 18.9 Å². The van der Waals surface area contributed by atoms with Crippen molar-refractivity contribution in [3.8, 4) is 34.4 Å². The molecule has 0 saturated carbocycles. The molecule has 1 heterocycles. The number of benzene rings is 2. The van der Waals surface area contributed by atoms with E-state index in [2.05, 4.69) is 15.2 Å². The highest BCUT2D eigenvalue weighted by Crippen LogP contribution is 2.33. The number of nitrogens with zero attached hydrogens (tertiary/aromatic N) is 2. The molecule has 0 radical (unpaired) electrons. The van der Waals surface area contributed by atoms with Crippen molar-refractivity contribution in [2.45, 2.75) is 19.9 Å². The molecule has 0 amide bonds. The van der Waals surface area contributed by atoms with Crippen molar-refractivity contribution in [1.29, 1.82) is 0 Å². The van der Waals surface area contributed by atoms with Crippen LogP contribution in [0.4, 0.5) is 0 Å². The van der Waals surface area contributed by atoms with E-state index in [9.17, 15) is 0 Å². The van der Waals surface area contributed by atoms with Gasteiger partial charge in [-0.1, -0.05) is 6.07 Å². The number of aromatic amines is 1. The zero-order valence-electron chi connectivity index (χ0n) is 17.1. The molecule has 0 spiro atoms. The third-order valence-electron chi connectivity index (χ3n) is 4.37. The molecule has 3 N–H and O–H groups in total. The normalized spacial score (nSPS) is 11.8. The van der Waals surface area contributed by atoms with Crippen LogP contribution in [0, 0.1) is 0 Å². The van der Waals surface area contributed by atoms with E-state index < -0.39 is 6.04 Å². The molecule has 1 aromatic heterocycles. The van der Waals surface area contributed by atoms with Crippen LogP contribution in [-0.4, -0.2) is 42.6 Å². The Morgan fingerprint density at radius 2 is 1.59 bits per heavy atom. The van der Waals surface area contributed by atoms with Crippen LogP contribution in [0.1, 0.15) is 31.3 Å². The van der Waals surface area contributed by atoms with E-state index in [0.717, 1.165) is 11.1 Å². The summed E-state index contributed by atoms with van der Waals surface area (Å²) in [6.45, 7) is 4.93. The van der Waals surface area contributed by atoms with Gasteiger partial charge in [-0.15, -0.1) is 0 Å². The molecule has 0 aliphatic heterocycles. The molecule has 0 aliphatic carbocycles. The van der Waals surface area contributed by atoms with Gasteiger partial charge in [-0.3, -0.25) is 5.10 Å². The summed E-state index contributed by atoms with van der Waals surface area (Å²) in [7, 11) is 3.20. The first-order valence-corrected chi connectivity index (χ1v) is 9.41. The lowest BCUT2D eigenvalue weighted by atomic mass is 10.1. The number of rotatable bonds is 9. The predicted octanol–water partition coefficient (Wildman–Crippen LogP) is 3.33. The SMILES string of the molecule is CCOc1ccc([C@@H](N)c2nc(-c3ccc(OC)c(OCC)c3)n[nH]2)cc1OC. The second-order valence-electron chi connectivity index (χ2n) is 6.16. The van der Waals surface area contributed by atoms with E-state index in [-0.39, 0.29) is 0 Å². The standard InChI is InChI=1S/C21H26N4O4/c1-5-28-16-10-7-13(11-17(16)27-4)19(22)21-23-20(24-25-21)14-8-9-15(26-3)18(12-14)29-6-2/h7-12,19H,5-6,22H2,1-4H3,(H,23,24,25)/t19-/m1/s1. The van der Waals surface area contributed by atoms with Crippen molar-refractivity contribution in [1.82, 2.24) is 15.2 Å². The second kappa shape index (κ2) is 9.29. The molecule has 0 unspecified atom stereocenters. The lowest BCUT2D eigenvalue weighted by molar-refractivity contribution is 0.310. The zero-order valence-corrected chi connectivity index (χ0v) is 17.1. The van der Waals surface area contributed by atoms with Gasteiger partial charge in [-0.2, -0.15) is 5.10 Å². The Morgan fingerprint density at radius 1 is 0.897 bits per heavy atom. The molecular weight excluding hydrogens is 372 g/mol. The van der Waals surface area contributed by atoms with Gasteiger partial charge in [0.05, 0.1) is 33.5 Å². The Morgan fingerprint density at radius 3 is 2.28 bits per heavy atom. The third kappa shape index (κ3) is 4.43. The Hall–Kier alpha value is -3.26. The van der Waals surface area contributed by atoms with Gasteiger partial charge >= 0.3 is 0 Å². The third-order valence-corrected chi connectivity index (χ3v) is 4.37. The molecule has 1 atom stereocenters. The molecule has 0 saturated heterocycles. The number of hydrogen-bond donors (Lipinski definition) is 2. The van der Waals surface area contributed by atoms with E-state index in [4.69, 9.17) is 24.7 Å². The molecule has 0 bridgehead atoms. The summed E-state index contributed by atoms with van der Waals surface area (Å²) in [5.41, 5.74) is 8.03. The summed E-state index contributed by atoms with van der Waals surface area (Å²) in [5, 5.41) is 7.24. The summed E-state index contributed by atoms with van der Waals surface area (Å²) in [6, 6.07) is 10.6. The Kier molecular flexibility index (Phi) is 6.56. The highest BCUT2D eigenvalue weighted by molar-refractivity contribution is 5.61. The number of methoxy groups -OCH3 is 2. The van der Waals surface area contributed by atoms with Gasteiger partial charge in [0.1, 0.15) is 5.82 Å². The average Bonchev–Trinajstić information content (AvgIpc) is 3.24. The fraction of sp³-hybridized carbons (Fsp3) is 0.333. The maximum Gasteiger partial charge on any atom is 0.181 e. The lowest BCUT2D eigenvalue weighted by Crippen LogP contribution is -2.14. The average molecular weight is 398 g/mol. The highest BCUT2D eigenvalue weighted by Gasteiger charge is 2.18. The molecular formula is C21H26N4O4. The van der Waals surface area contributed by atoms with Gasteiger partial charge in [0, 0.05) is 5.56 Å². The first-order valence-electron chi connectivity index (χ1n) is 9.41. The number of aromatic nitrogens is 3. The number of nitrogens with one attached hydrogen (secondary N) is 1. The van der Waals surface area contributed by atoms with Crippen molar-refractivity contribution in [2.75, 3.05) is 27.4 Å². The molecule has 8 heteroatoms. The van der Waals surface area contributed by atoms with E-state index in [0.29, 0.717) is 47.9 Å². The minimum atomic E-state index is -0.495. The number of ether oxygens (including phenoxy) is 4. The predicted molar refractivity (Wildman–Crippen MR) is 110 cm³/mol. The number of nitrogens with two attached hydrogens (primary N) is 1. The minimum Gasteiger partial charge on any atom is -0.493 e. The molecule has 29 heavy (non-hydrogen) atoms. The van der Waals surface area contributed by atoms with Crippen LogP contribution in [0.3, 0.4) is 0 Å². The summed E-state index contributed by atoms with van der Waals surface area (Å²) >= 11 is 0. The molecule has 0 aliphatic rings. The zero-order chi connectivity index (χ0) is 20.8. The van der Waals surface area contributed by atoms with E-state index in [1.54, 1.807) is 14.2 Å². The quantitative estimate of drug-likeness (QED) is 0.569. The van der Waals surface area contributed by atoms with Gasteiger partial charge in [-0.25, -0.2) is 4.98 Å². The molecule has 8 nitrogen and oxygen atoms in total. The molecule has 3 rings (SSSR count). The molecule has 154 valence electrons. The lowest BCUT2D eigenvalue weighted by Gasteiger charge is -2.13. The monoisotopic (exact) mass is 398 g/mol. The van der Waals surface area contributed by atoms with Crippen molar-refractivity contribution >= 4 is 0 Å². The summed E-state index contributed by atoms with van der Waals surface area (Å²) < 4.78 is 21.9. The van der Waals surface area contributed by atoms with Gasteiger partial charge < -0.3 is 24.7 Å². The maximum absolute atomic E-state index is 6.40. The summed E-state index contributed by atoms with van der Waals surface area (Å²) in [6.07, 6.45) is 0. The van der Waals surface area contributed by atoms with Crippen LogP contribution < -0.4 is 24.7 Å². The van der Waals surface area contributed by atoms with E-state index >= 15 is 0 Å². The van der Waals surface area contributed by atoms with Crippen LogP contribution in [-0.2, 0) is 0 Å². The Labute approximate surface area is 170 Å². The van der Waals surface area contributed by atoms with Crippen LogP contribution in [0.5, 0.6) is 23.0 Å². The van der Waals surface area contributed by atoms with Gasteiger partial charge in [-0.05, 0) is 49.7 Å². The van der Waals surface area contributed by atoms with Gasteiger partial charge in [0.15, 0.2) is 28.8 Å². The highest BCUT2D eigenvalue weighted by atomic mass is 16.5. The van der Waals surface area contributed by atoms with Gasteiger partial charge in [0.25, 0.3) is 0 Å². The van der Waals surface area contributed by atoms with E-state index in [1.807, 2.05) is 50.2 Å². The molecule has 2 aromatic carbocycles. The first-order chi connectivity index (χ1) is 14.1. The van der Waals surface area contributed by atoms with Crippen molar-refractivity contribution in [3.05, 3.63) is 47.8 Å². The summed E-state index contributed by atoms with van der Waals surface area (Å²) in [4.78, 5) is 4.57. The van der Waals surface area contributed by atoms with Gasteiger partial charge in [0.2, 0.25) is 0 Å². The first kappa shape index (κ1) is 20.5. The fourth-order valence-corrected chi connectivity index (χ4v) is 2.94. The van der Waals surface area contributed by atoms with Crippen molar-refractivity contribution in [2.24, 2.45) is 5.73 Å². The smallest absolute Gasteiger partial charge is 0.181 e. The van der Waals surface area contributed by atoms with Crippen LogP contribution in [0.25, 0.3) is 11.4 Å². The Bertz CT molecular complexity index is 958. The van der Waals surface area contributed by atoms with Crippen LogP contribution in [0.2, 0.25) is 0 Å².